The third kappa shape index (κ3) is 3.03. The van der Waals surface area contributed by atoms with Crippen molar-refractivity contribution in [2.45, 2.75) is 113 Å². The van der Waals surface area contributed by atoms with E-state index in [-0.39, 0.29) is 12.6 Å². The van der Waals surface area contributed by atoms with Crippen molar-refractivity contribution in [3.8, 4) is 0 Å². The fourth-order valence-electron chi connectivity index (χ4n) is 5.72. The van der Waals surface area contributed by atoms with Gasteiger partial charge in [0.2, 0.25) is 0 Å². The summed E-state index contributed by atoms with van der Waals surface area (Å²) in [5.74, 6) is 0.732. The zero-order valence-electron chi connectivity index (χ0n) is 15.4. The minimum atomic E-state index is -0.810. The molecule has 0 aromatic carbocycles. The molecule has 3 aliphatic carbocycles. The fourth-order valence-corrected chi connectivity index (χ4v) is 5.72. The molecule has 5 rings (SSSR count). The summed E-state index contributed by atoms with van der Waals surface area (Å²) in [4.78, 5) is 0. The lowest BCUT2D eigenvalue weighted by molar-refractivity contribution is -0.152. The van der Waals surface area contributed by atoms with Gasteiger partial charge in [0.1, 0.15) is 36.6 Å². The van der Waals surface area contributed by atoms with Crippen LogP contribution in [0.15, 0.2) is 0 Å². The molecule has 4 unspecified atom stereocenters. The van der Waals surface area contributed by atoms with Crippen LogP contribution in [0.3, 0.4) is 0 Å². The second-order valence-corrected chi connectivity index (χ2v) is 8.92. The molecular formula is C20H32O6. The van der Waals surface area contributed by atoms with Crippen LogP contribution in [0, 0.1) is 11.8 Å². The van der Waals surface area contributed by atoms with E-state index in [9.17, 15) is 10.2 Å². The first-order valence-corrected chi connectivity index (χ1v) is 10.7. The van der Waals surface area contributed by atoms with E-state index in [1.165, 1.54) is 38.5 Å². The zero-order chi connectivity index (χ0) is 17.7. The number of aliphatic hydroxyl groups is 2. The van der Waals surface area contributed by atoms with E-state index >= 15 is 0 Å². The Labute approximate surface area is 155 Å². The number of aliphatic hydroxyl groups excluding tert-OH is 2. The number of ether oxygens (including phenoxy) is 4. The Balaban J connectivity index is 1.27. The summed E-state index contributed by atoms with van der Waals surface area (Å²) >= 11 is 0. The Morgan fingerprint density at radius 1 is 0.462 bits per heavy atom. The maximum absolute atomic E-state index is 10.9. The van der Waals surface area contributed by atoms with E-state index < -0.39 is 36.6 Å². The van der Waals surface area contributed by atoms with Crippen LogP contribution < -0.4 is 0 Å². The van der Waals surface area contributed by atoms with Gasteiger partial charge >= 0.3 is 0 Å². The van der Waals surface area contributed by atoms with Gasteiger partial charge in [-0.25, -0.2) is 0 Å². The topological polar surface area (TPSA) is 77.4 Å². The quantitative estimate of drug-likeness (QED) is 0.777. The van der Waals surface area contributed by atoms with E-state index in [4.69, 9.17) is 18.9 Å². The van der Waals surface area contributed by atoms with E-state index in [1.54, 1.807) is 0 Å². The number of hydrogen-bond acceptors (Lipinski definition) is 6. The van der Waals surface area contributed by atoms with Crippen LogP contribution >= 0.6 is 0 Å². The third-order valence-electron chi connectivity index (χ3n) is 7.23. The Bertz CT molecular complexity index is 421. The first-order chi connectivity index (χ1) is 12.7. The molecule has 26 heavy (non-hydrogen) atoms. The smallest absolute Gasteiger partial charge is 0.161 e. The standard InChI is InChI=1S/C20H32O6/c21-13-15-16(24-19(23-15)11-7-3-1-4-8-11)14(22)18-17(13)25-20(26-18)12-9-5-2-6-10-12/h11-22H,1-10H2/t13?,14?,15-,16-,17?,18?,19?,20?/m0/s1. The van der Waals surface area contributed by atoms with Crippen molar-refractivity contribution < 1.29 is 29.2 Å². The Morgan fingerprint density at radius 3 is 1.08 bits per heavy atom. The maximum Gasteiger partial charge on any atom is 0.161 e. The molecule has 0 aromatic heterocycles. The molecule has 6 atom stereocenters. The minimum absolute atomic E-state index is 0.317. The first kappa shape index (κ1) is 17.8. The zero-order valence-corrected chi connectivity index (χ0v) is 15.4. The van der Waals surface area contributed by atoms with Crippen molar-refractivity contribution in [3.05, 3.63) is 0 Å². The highest BCUT2D eigenvalue weighted by Crippen LogP contribution is 2.44. The molecule has 5 aliphatic rings. The molecule has 2 heterocycles. The van der Waals surface area contributed by atoms with Crippen molar-refractivity contribution in [1.29, 1.82) is 0 Å². The van der Waals surface area contributed by atoms with E-state index in [0.29, 0.717) is 11.8 Å². The molecule has 0 radical (unpaired) electrons. The average molecular weight is 368 g/mol. The minimum Gasteiger partial charge on any atom is -0.387 e. The molecule has 5 fully saturated rings. The lowest BCUT2D eigenvalue weighted by Crippen LogP contribution is -2.61. The summed E-state index contributed by atoms with van der Waals surface area (Å²) in [6.45, 7) is 0. The summed E-state index contributed by atoms with van der Waals surface area (Å²) in [6.07, 6.45) is 7.41. The van der Waals surface area contributed by atoms with Gasteiger partial charge < -0.3 is 29.2 Å². The predicted octanol–water partition coefficient (Wildman–Crippen LogP) is 2.10. The molecule has 6 heteroatoms. The van der Waals surface area contributed by atoms with Gasteiger partial charge in [0.05, 0.1) is 0 Å². The van der Waals surface area contributed by atoms with Gasteiger partial charge in [-0.05, 0) is 25.7 Å². The molecule has 148 valence electrons. The molecule has 2 N–H and O–H groups in total. The van der Waals surface area contributed by atoms with Crippen molar-refractivity contribution in [2.75, 3.05) is 0 Å². The van der Waals surface area contributed by atoms with Gasteiger partial charge in [0, 0.05) is 11.8 Å². The highest BCUT2D eigenvalue weighted by atomic mass is 16.8. The van der Waals surface area contributed by atoms with Gasteiger partial charge in [-0.3, -0.25) is 0 Å². The number of rotatable bonds is 2. The molecule has 0 spiro atoms. The normalized spacial score (nSPS) is 50.5. The second-order valence-electron chi connectivity index (χ2n) is 8.92. The van der Waals surface area contributed by atoms with Crippen molar-refractivity contribution in [1.82, 2.24) is 0 Å². The van der Waals surface area contributed by atoms with Crippen LogP contribution in [-0.4, -0.2) is 59.4 Å². The molecule has 0 aromatic rings. The second kappa shape index (κ2) is 7.30. The summed E-state index contributed by atoms with van der Waals surface area (Å²) in [6, 6.07) is 0. The predicted molar refractivity (Wildman–Crippen MR) is 92.2 cm³/mol. The van der Waals surface area contributed by atoms with Gasteiger partial charge in [0.15, 0.2) is 12.6 Å². The fraction of sp³-hybridized carbons (Fsp3) is 1.00. The monoisotopic (exact) mass is 368 g/mol. The van der Waals surface area contributed by atoms with Gasteiger partial charge in [-0.15, -0.1) is 0 Å². The molecule has 3 saturated carbocycles. The van der Waals surface area contributed by atoms with Crippen molar-refractivity contribution in [2.24, 2.45) is 11.8 Å². The number of hydrogen-bond donors (Lipinski definition) is 2. The van der Waals surface area contributed by atoms with Crippen molar-refractivity contribution >= 4 is 0 Å². The molecule has 0 bridgehead atoms. The van der Waals surface area contributed by atoms with Gasteiger partial charge in [-0.1, -0.05) is 38.5 Å². The van der Waals surface area contributed by atoms with Crippen LogP contribution in [0.25, 0.3) is 0 Å². The van der Waals surface area contributed by atoms with E-state index in [2.05, 4.69) is 0 Å². The summed E-state index contributed by atoms with van der Waals surface area (Å²) in [5, 5.41) is 21.8. The van der Waals surface area contributed by atoms with Crippen LogP contribution in [-0.2, 0) is 18.9 Å². The molecule has 6 nitrogen and oxygen atoms in total. The molecule has 2 aliphatic heterocycles. The van der Waals surface area contributed by atoms with E-state index in [0.717, 1.165) is 25.7 Å². The molecule has 0 amide bonds. The molecule has 2 saturated heterocycles. The molecular weight excluding hydrogens is 336 g/mol. The lowest BCUT2D eigenvalue weighted by Gasteiger charge is -2.38. The van der Waals surface area contributed by atoms with Crippen LogP contribution in [0.1, 0.15) is 64.2 Å². The van der Waals surface area contributed by atoms with Crippen LogP contribution in [0.5, 0.6) is 0 Å². The van der Waals surface area contributed by atoms with Crippen LogP contribution in [0.2, 0.25) is 0 Å². The Kier molecular flexibility index (Phi) is 5.01. The highest BCUT2D eigenvalue weighted by molar-refractivity contribution is 5.06. The lowest BCUT2D eigenvalue weighted by atomic mass is 9.85. The summed E-state index contributed by atoms with van der Waals surface area (Å²) in [7, 11) is 0. The number of fused-ring (bicyclic) bond motifs is 2. The third-order valence-corrected chi connectivity index (χ3v) is 7.23. The van der Waals surface area contributed by atoms with Gasteiger partial charge in [0.25, 0.3) is 0 Å². The van der Waals surface area contributed by atoms with Gasteiger partial charge in [-0.2, -0.15) is 0 Å². The summed E-state index contributed by atoms with van der Waals surface area (Å²) in [5.41, 5.74) is 0. The largest absolute Gasteiger partial charge is 0.387 e. The summed E-state index contributed by atoms with van der Waals surface area (Å²) < 4.78 is 24.4. The maximum atomic E-state index is 10.9. The Morgan fingerprint density at radius 2 is 0.769 bits per heavy atom. The van der Waals surface area contributed by atoms with E-state index in [1.807, 2.05) is 0 Å². The first-order valence-electron chi connectivity index (χ1n) is 10.7. The van der Waals surface area contributed by atoms with Crippen LogP contribution in [0.4, 0.5) is 0 Å². The average Bonchev–Trinajstić information content (AvgIpc) is 3.33. The Hall–Kier alpha value is -0.240. The SMILES string of the molecule is OC1C2OC(C3CCCCC3)OC2C(O)[C@@H]2OC(C3CCCCC3)O[C@@H]12. The highest BCUT2D eigenvalue weighted by Gasteiger charge is 2.61. The van der Waals surface area contributed by atoms with Crippen molar-refractivity contribution in [3.63, 3.8) is 0 Å².